The van der Waals surface area contributed by atoms with Crippen LogP contribution in [0.2, 0.25) is 0 Å². The van der Waals surface area contributed by atoms with E-state index in [1.807, 2.05) is 20.8 Å². The van der Waals surface area contributed by atoms with Crippen molar-refractivity contribution in [2.75, 3.05) is 25.1 Å². The van der Waals surface area contributed by atoms with Crippen LogP contribution in [0.4, 0.5) is 5.69 Å². The van der Waals surface area contributed by atoms with E-state index < -0.39 is 35.1 Å². The lowest BCUT2D eigenvalue weighted by molar-refractivity contribution is -0.148. The summed E-state index contributed by atoms with van der Waals surface area (Å²) >= 11 is 0. The number of hydrogen-bond donors (Lipinski definition) is 3. The fourth-order valence-corrected chi connectivity index (χ4v) is 6.13. The summed E-state index contributed by atoms with van der Waals surface area (Å²) < 4.78 is 12.0. The molecule has 3 N–H and O–H groups in total. The molecule has 1 spiro atoms. The number of hydrogen-bond acceptors (Lipinski definition) is 6. The molecule has 3 amide bonds. The highest BCUT2D eigenvalue weighted by Gasteiger charge is 2.78. The van der Waals surface area contributed by atoms with E-state index in [9.17, 15) is 19.5 Å². The second-order valence-electron chi connectivity index (χ2n) is 10.1. The molecule has 1 aromatic rings. The number of aliphatic hydroxyl groups excluding tert-OH is 1. The highest BCUT2D eigenvalue weighted by atomic mass is 16.5. The standard InChI is InChI=1S/C26H37N3O6/c1-5-7-14-27-23(32)21-26-13-12-25(4,35-26)19(20(26)24(33)29(21)16(3)15-30)22(31)28-17-8-10-18(11-9-17)34-6-2/h8-11,16,19-21,30H,5-7,12-15H2,1-4H3,(H,27,32)(H,28,31)/t16-,19+,20+,21?,25-,26?/m1/s1. The third kappa shape index (κ3) is 4.18. The number of likely N-dealkylation sites (tertiary alicyclic amines) is 1. The average Bonchev–Trinajstić information content (AvgIpc) is 3.41. The van der Waals surface area contributed by atoms with Gasteiger partial charge in [0, 0.05) is 12.2 Å². The molecule has 3 fully saturated rings. The van der Waals surface area contributed by atoms with E-state index in [1.165, 1.54) is 4.90 Å². The maximum atomic E-state index is 13.8. The summed E-state index contributed by atoms with van der Waals surface area (Å²) in [5, 5.41) is 15.8. The van der Waals surface area contributed by atoms with Crippen LogP contribution in [-0.4, -0.2) is 70.8 Å². The number of carbonyl (C=O) groups is 3. The van der Waals surface area contributed by atoms with Crippen molar-refractivity contribution >= 4 is 23.4 Å². The smallest absolute Gasteiger partial charge is 0.245 e. The van der Waals surface area contributed by atoms with E-state index in [1.54, 1.807) is 31.2 Å². The van der Waals surface area contributed by atoms with Crippen LogP contribution in [0.3, 0.4) is 0 Å². The second-order valence-corrected chi connectivity index (χ2v) is 10.1. The number of carbonyl (C=O) groups excluding carboxylic acids is 3. The van der Waals surface area contributed by atoms with Gasteiger partial charge in [-0.1, -0.05) is 13.3 Å². The average molecular weight is 488 g/mol. The summed E-state index contributed by atoms with van der Waals surface area (Å²) in [4.78, 5) is 42.2. The fourth-order valence-electron chi connectivity index (χ4n) is 6.13. The van der Waals surface area contributed by atoms with Crippen LogP contribution in [0.25, 0.3) is 0 Å². The van der Waals surface area contributed by atoms with Gasteiger partial charge in [0.25, 0.3) is 0 Å². The molecule has 6 atom stereocenters. The summed E-state index contributed by atoms with van der Waals surface area (Å²) in [5.74, 6) is -1.74. The first-order valence-electron chi connectivity index (χ1n) is 12.7. The molecule has 3 heterocycles. The van der Waals surface area contributed by atoms with Crippen molar-refractivity contribution in [1.82, 2.24) is 10.2 Å². The van der Waals surface area contributed by atoms with Gasteiger partial charge in [0.1, 0.15) is 17.4 Å². The first kappa shape index (κ1) is 25.4. The minimum Gasteiger partial charge on any atom is -0.494 e. The Morgan fingerprint density at radius 1 is 1.23 bits per heavy atom. The number of rotatable bonds is 10. The first-order valence-corrected chi connectivity index (χ1v) is 12.7. The number of nitrogens with zero attached hydrogens (tertiary/aromatic N) is 1. The van der Waals surface area contributed by atoms with Gasteiger partial charge in [-0.3, -0.25) is 14.4 Å². The molecule has 2 bridgehead atoms. The van der Waals surface area contributed by atoms with Crippen LogP contribution in [0.15, 0.2) is 24.3 Å². The fraction of sp³-hybridized carbons (Fsp3) is 0.654. The molecule has 9 nitrogen and oxygen atoms in total. The van der Waals surface area contributed by atoms with Gasteiger partial charge in [0.15, 0.2) is 0 Å². The summed E-state index contributed by atoms with van der Waals surface area (Å²) in [5.41, 5.74) is -1.35. The van der Waals surface area contributed by atoms with Gasteiger partial charge in [-0.25, -0.2) is 0 Å². The van der Waals surface area contributed by atoms with Crippen LogP contribution >= 0.6 is 0 Å². The number of ether oxygens (including phenoxy) is 2. The van der Waals surface area contributed by atoms with Crippen molar-refractivity contribution in [2.24, 2.45) is 11.8 Å². The van der Waals surface area contributed by atoms with Crippen molar-refractivity contribution in [3.8, 4) is 5.75 Å². The van der Waals surface area contributed by atoms with Gasteiger partial charge in [-0.15, -0.1) is 0 Å². The molecule has 0 saturated carbocycles. The Kier molecular flexibility index (Phi) is 7.11. The molecule has 0 radical (unpaired) electrons. The number of amides is 3. The van der Waals surface area contributed by atoms with Crippen molar-refractivity contribution in [2.45, 2.75) is 76.7 Å². The van der Waals surface area contributed by atoms with E-state index in [-0.39, 0.29) is 24.3 Å². The predicted octanol–water partition coefficient (Wildman–Crippen LogP) is 2.09. The van der Waals surface area contributed by atoms with Crippen LogP contribution < -0.4 is 15.4 Å². The van der Waals surface area contributed by atoms with Gasteiger partial charge in [0.05, 0.1) is 36.7 Å². The number of anilines is 1. The normalized spacial score (nSPS) is 31.9. The molecule has 3 saturated heterocycles. The predicted molar refractivity (Wildman–Crippen MR) is 130 cm³/mol. The van der Waals surface area contributed by atoms with Crippen LogP contribution in [0.1, 0.15) is 53.4 Å². The zero-order chi connectivity index (χ0) is 25.4. The lowest BCUT2D eigenvalue weighted by Crippen LogP contribution is -2.57. The molecule has 35 heavy (non-hydrogen) atoms. The van der Waals surface area contributed by atoms with Crippen LogP contribution in [-0.2, 0) is 19.1 Å². The Balaban J connectivity index is 1.64. The quantitative estimate of drug-likeness (QED) is 0.435. The number of aliphatic hydroxyl groups is 1. The molecular weight excluding hydrogens is 450 g/mol. The summed E-state index contributed by atoms with van der Waals surface area (Å²) in [7, 11) is 0. The lowest BCUT2D eigenvalue weighted by Gasteiger charge is -2.35. The third-order valence-electron chi connectivity index (χ3n) is 7.75. The number of unbranched alkanes of at least 4 members (excludes halogenated alkanes) is 1. The minimum atomic E-state index is -1.09. The highest BCUT2D eigenvalue weighted by Crippen LogP contribution is 2.63. The Bertz CT molecular complexity index is 968. The SMILES string of the molecule is CCCCNC(=O)C1N([C@H](C)CO)C(=O)[C@@H]2[C@@H](C(=O)Nc3ccc(OCC)cc3)[C@@]3(C)CCC12O3. The van der Waals surface area contributed by atoms with E-state index >= 15 is 0 Å². The number of benzene rings is 1. The molecule has 3 aliphatic rings. The highest BCUT2D eigenvalue weighted by molar-refractivity contribution is 6.02. The Morgan fingerprint density at radius 2 is 1.94 bits per heavy atom. The molecule has 4 rings (SSSR count). The molecule has 0 aliphatic carbocycles. The molecule has 1 aromatic carbocycles. The second kappa shape index (κ2) is 9.78. The van der Waals surface area contributed by atoms with E-state index in [4.69, 9.17) is 9.47 Å². The van der Waals surface area contributed by atoms with Crippen LogP contribution in [0, 0.1) is 11.8 Å². The molecular formula is C26H37N3O6. The van der Waals surface area contributed by atoms with Gasteiger partial charge >= 0.3 is 0 Å². The summed E-state index contributed by atoms with van der Waals surface area (Å²) in [6, 6.07) is 5.62. The zero-order valence-electron chi connectivity index (χ0n) is 21.0. The van der Waals surface area contributed by atoms with Crippen LogP contribution in [0.5, 0.6) is 5.75 Å². The lowest BCUT2D eigenvalue weighted by atomic mass is 9.66. The maximum Gasteiger partial charge on any atom is 0.245 e. The first-order chi connectivity index (χ1) is 16.7. The van der Waals surface area contributed by atoms with Crippen molar-refractivity contribution in [1.29, 1.82) is 0 Å². The Labute approximate surface area is 206 Å². The maximum absolute atomic E-state index is 13.8. The topological polar surface area (TPSA) is 117 Å². The minimum absolute atomic E-state index is 0.284. The summed E-state index contributed by atoms with van der Waals surface area (Å²) in [6.45, 7) is 8.28. The monoisotopic (exact) mass is 487 g/mol. The number of nitrogens with one attached hydrogen (secondary N) is 2. The van der Waals surface area contributed by atoms with E-state index in [0.29, 0.717) is 37.4 Å². The molecule has 9 heteroatoms. The van der Waals surface area contributed by atoms with Crippen molar-refractivity contribution < 1.29 is 29.0 Å². The molecule has 3 aliphatic heterocycles. The third-order valence-corrected chi connectivity index (χ3v) is 7.75. The van der Waals surface area contributed by atoms with Gasteiger partial charge in [-0.2, -0.15) is 0 Å². The largest absolute Gasteiger partial charge is 0.494 e. The van der Waals surface area contributed by atoms with Crippen molar-refractivity contribution in [3.63, 3.8) is 0 Å². The van der Waals surface area contributed by atoms with E-state index in [0.717, 1.165) is 12.8 Å². The number of fused-ring (bicyclic) bond motifs is 1. The molecule has 0 aromatic heterocycles. The molecule has 2 unspecified atom stereocenters. The van der Waals surface area contributed by atoms with Gasteiger partial charge in [-0.05, 0) is 64.3 Å². The summed E-state index contributed by atoms with van der Waals surface area (Å²) in [6.07, 6.45) is 2.83. The van der Waals surface area contributed by atoms with Gasteiger partial charge in [0.2, 0.25) is 17.7 Å². The Hall–Kier alpha value is -2.65. The van der Waals surface area contributed by atoms with Gasteiger partial charge < -0.3 is 30.1 Å². The van der Waals surface area contributed by atoms with Crippen molar-refractivity contribution in [3.05, 3.63) is 24.3 Å². The Morgan fingerprint density at radius 3 is 2.57 bits per heavy atom. The van der Waals surface area contributed by atoms with E-state index in [2.05, 4.69) is 10.6 Å². The molecule has 192 valence electrons. The zero-order valence-corrected chi connectivity index (χ0v) is 21.0.